The van der Waals surface area contributed by atoms with Crippen LogP contribution in [0.25, 0.3) is 6.08 Å². The Labute approximate surface area is 205 Å². The molecule has 34 heavy (non-hydrogen) atoms. The van der Waals surface area contributed by atoms with Crippen molar-refractivity contribution < 1.29 is 14.3 Å². The van der Waals surface area contributed by atoms with E-state index in [1.54, 1.807) is 12.0 Å². The van der Waals surface area contributed by atoms with Gasteiger partial charge in [0.05, 0.1) is 24.3 Å². The van der Waals surface area contributed by atoms with Crippen molar-refractivity contribution in [1.29, 1.82) is 0 Å². The van der Waals surface area contributed by atoms with E-state index in [-0.39, 0.29) is 5.91 Å². The molecule has 1 saturated heterocycles. The summed E-state index contributed by atoms with van der Waals surface area (Å²) in [6.07, 6.45) is 2.65. The third kappa shape index (κ3) is 5.69. The Balaban J connectivity index is 1.64. The van der Waals surface area contributed by atoms with Gasteiger partial charge in [0.15, 0.2) is 16.7 Å². The number of methoxy groups -OCH3 is 1. The molecule has 0 saturated carbocycles. The van der Waals surface area contributed by atoms with Crippen molar-refractivity contribution in [2.75, 3.05) is 20.3 Å². The first kappa shape index (κ1) is 23.6. The molecule has 0 unspecified atom stereocenters. The SMILES string of the molecule is CCOc1cc(C=C2SC(=Nc3ccc(C)cc3)N(CCc3ccccc3)C2=O)ccc1OC. The molecule has 3 aromatic carbocycles. The van der Waals surface area contributed by atoms with Gasteiger partial charge in [-0.25, -0.2) is 4.99 Å². The lowest BCUT2D eigenvalue weighted by Crippen LogP contribution is -2.31. The number of amides is 1. The summed E-state index contributed by atoms with van der Waals surface area (Å²) in [7, 11) is 1.62. The molecule has 0 N–H and O–H groups in total. The number of aryl methyl sites for hydroxylation is 1. The Morgan fingerprint density at radius 1 is 1.00 bits per heavy atom. The second kappa shape index (κ2) is 11.1. The van der Waals surface area contributed by atoms with Crippen LogP contribution in [-0.4, -0.2) is 36.2 Å². The van der Waals surface area contributed by atoms with Gasteiger partial charge in [-0.05, 0) is 73.5 Å². The number of hydrogen-bond acceptors (Lipinski definition) is 5. The van der Waals surface area contributed by atoms with Crippen LogP contribution in [0.15, 0.2) is 82.7 Å². The molecule has 0 radical (unpaired) electrons. The van der Waals surface area contributed by atoms with Gasteiger partial charge in [-0.15, -0.1) is 0 Å². The van der Waals surface area contributed by atoms with E-state index in [2.05, 4.69) is 12.1 Å². The molecule has 4 rings (SSSR count). The molecular weight excluding hydrogens is 444 g/mol. The summed E-state index contributed by atoms with van der Waals surface area (Å²) in [6.45, 7) is 5.07. The molecule has 0 aromatic heterocycles. The molecule has 174 valence electrons. The third-order valence-corrected chi connectivity index (χ3v) is 6.41. The van der Waals surface area contributed by atoms with E-state index in [0.29, 0.717) is 34.7 Å². The van der Waals surface area contributed by atoms with Crippen LogP contribution in [0.4, 0.5) is 5.69 Å². The van der Waals surface area contributed by atoms with E-state index < -0.39 is 0 Å². The van der Waals surface area contributed by atoms with E-state index in [1.165, 1.54) is 22.9 Å². The third-order valence-electron chi connectivity index (χ3n) is 5.40. The molecule has 1 heterocycles. The van der Waals surface area contributed by atoms with Crippen LogP contribution in [-0.2, 0) is 11.2 Å². The average Bonchev–Trinajstić information content (AvgIpc) is 3.14. The van der Waals surface area contributed by atoms with Gasteiger partial charge >= 0.3 is 0 Å². The van der Waals surface area contributed by atoms with Gasteiger partial charge in [-0.3, -0.25) is 9.69 Å². The van der Waals surface area contributed by atoms with Gasteiger partial charge in [0.1, 0.15) is 0 Å². The molecular formula is C28H28N2O3S. The van der Waals surface area contributed by atoms with Crippen molar-refractivity contribution >= 4 is 34.6 Å². The summed E-state index contributed by atoms with van der Waals surface area (Å²) in [5, 5.41) is 0.689. The summed E-state index contributed by atoms with van der Waals surface area (Å²) in [5.74, 6) is 1.28. The van der Waals surface area contributed by atoms with Crippen molar-refractivity contribution in [2.45, 2.75) is 20.3 Å². The zero-order valence-corrected chi connectivity index (χ0v) is 20.5. The van der Waals surface area contributed by atoms with Crippen molar-refractivity contribution in [2.24, 2.45) is 4.99 Å². The number of benzene rings is 3. The van der Waals surface area contributed by atoms with Gasteiger partial charge < -0.3 is 9.47 Å². The van der Waals surface area contributed by atoms with E-state index in [4.69, 9.17) is 14.5 Å². The molecule has 1 amide bonds. The molecule has 0 aliphatic carbocycles. The largest absolute Gasteiger partial charge is 0.493 e. The molecule has 0 spiro atoms. The minimum absolute atomic E-state index is 0.0411. The van der Waals surface area contributed by atoms with Gasteiger partial charge in [0.25, 0.3) is 5.91 Å². The number of rotatable bonds is 8. The van der Waals surface area contributed by atoms with E-state index in [0.717, 1.165) is 17.7 Å². The Kier molecular flexibility index (Phi) is 7.70. The molecule has 1 aliphatic rings. The van der Waals surface area contributed by atoms with Crippen LogP contribution >= 0.6 is 11.8 Å². The lowest BCUT2D eigenvalue weighted by atomic mass is 10.1. The van der Waals surface area contributed by atoms with Crippen LogP contribution in [0, 0.1) is 6.92 Å². The summed E-state index contributed by atoms with van der Waals surface area (Å²) < 4.78 is 11.1. The van der Waals surface area contributed by atoms with Gasteiger partial charge in [-0.2, -0.15) is 0 Å². The highest BCUT2D eigenvalue weighted by Gasteiger charge is 2.33. The molecule has 3 aromatic rings. The monoisotopic (exact) mass is 472 g/mol. The Morgan fingerprint density at radius 2 is 1.76 bits per heavy atom. The molecule has 0 bridgehead atoms. The maximum atomic E-state index is 13.4. The number of carbonyl (C=O) groups is 1. The van der Waals surface area contributed by atoms with E-state index in [9.17, 15) is 4.79 Å². The molecule has 5 nitrogen and oxygen atoms in total. The minimum Gasteiger partial charge on any atom is -0.493 e. The number of aliphatic imine (C=N–C) groups is 1. The first-order valence-corrected chi connectivity index (χ1v) is 12.1. The smallest absolute Gasteiger partial charge is 0.266 e. The van der Waals surface area contributed by atoms with Gasteiger partial charge in [0, 0.05) is 6.54 Å². The number of ether oxygens (including phenoxy) is 2. The number of hydrogen-bond donors (Lipinski definition) is 0. The Morgan fingerprint density at radius 3 is 2.47 bits per heavy atom. The summed E-state index contributed by atoms with van der Waals surface area (Å²) in [4.78, 5) is 20.6. The van der Waals surface area contributed by atoms with Crippen molar-refractivity contribution in [3.63, 3.8) is 0 Å². The topological polar surface area (TPSA) is 51.1 Å². The zero-order valence-electron chi connectivity index (χ0n) is 19.7. The normalized spacial score (nSPS) is 15.9. The Hall–Kier alpha value is -3.51. The second-order valence-electron chi connectivity index (χ2n) is 7.88. The first-order chi connectivity index (χ1) is 16.6. The van der Waals surface area contributed by atoms with Crippen molar-refractivity contribution in [3.8, 4) is 11.5 Å². The second-order valence-corrected chi connectivity index (χ2v) is 8.89. The van der Waals surface area contributed by atoms with Crippen molar-refractivity contribution in [3.05, 3.63) is 94.4 Å². The number of nitrogens with zero attached hydrogens (tertiary/aromatic N) is 2. The minimum atomic E-state index is -0.0411. The van der Waals surface area contributed by atoms with Crippen LogP contribution in [0.1, 0.15) is 23.6 Å². The highest BCUT2D eigenvalue weighted by molar-refractivity contribution is 8.18. The zero-order chi connectivity index (χ0) is 23.9. The predicted molar refractivity (Wildman–Crippen MR) is 140 cm³/mol. The quantitative estimate of drug-likeness (QED) is 0.364. The van der Waals surface area contributed by atoms with Crippen LogP contribution in [0.2, 0.25) is 0 Å². The molecule has 0 atom stereocenters. The maximum Gasteiger partial charge on any atom is 0.266 e. The fraction of sp³-hybridized carbons (Fsp3) is 0.214. The fourth-order valence-electron chi connectivity index (χ4n) is 3.61. The van der Waals surface area contributed by atoms with Crippen molar-refractivity contribution in [1.82, 2.24) is 4.90 Å². The lowest BCUT2D eigenvalue weighted by molar-refractivity contribution is -0.122. The highest BCUT2D eigenvalue weighted by Crippen LogP contribution is 2.36. The standard InChI is InChI=1S/C28H28N2O3S/c1-4-33-25-18-22(12-15-24(25)32-3)19-26-27(31)30(17-16-21-8-6-5-7-9-21)28(34-26)29-23-13-10-20(2)11-14-23/h5-15,18-19H,4,16-17H2,1-3H3. The number of amidine groups is 1. The van der Waals surface area contributed by atoms with Crippen LogP contribution < -0.4 is 9.47 Å². The predicted octanol–water partition coefficient (Wildman–Crippen LogP) is 6.25. The molecule has 1 fully saturated rings. The Bertz CT molecular complexity index is 1200. The van der Waals surface area contributed by atoms with E-state index in [1.807, 2.05) is 80.6 Å². The first-order valence-electron chi connectivity index (χ1n) is 11.3. The number of carbonyl (C=O) groups excluding carboxylic acids is 1. The van der Waals surface area contributed by atoms with Gasteiger partial charge in [-0.1, -0.05) is 54.1 Å². The van der Waals surface area contributed by atoms with Crippen LogP contribution in [0.5, 0.6) is 11.5 Å². The molecule has 6 heteroatoms. The summed E-state index contributed by atoms with van der Waals surface area (Å²) in [6, 6.07) is 23.9. The lowest BCUT2D eigenvalue weighted by Gasteiger charge is -2.15. The van der Waals surface area contributed by atoms with Gasteiger partial charge in [0.2, 0.25) is 0 Å². The number of thioether (sulfide) groups is 1. The summed E-state index contributed by atoms with van der Waals surface area (Å²) in [5.41, 5.74) is 4.06. The van der Waals surface area contributed by atoms with E-state index >= 15 is 0 Å². The summed E-state index contributed by atoms with van der Waals surface area (Å²) >= 11 is 1.40. The maximum absolute atomic E-state index is 13.4. The highest BCUT2D eigenvalue weighted by atomic mass is 32.2. The molecule has 1 aliphatic heterocycles. The average molecular weight is 473 g/mol. The van der Waals surface area contributed by atoms with Crippen LogP contribution in [0.3, 0.4) is 0 Å². The fourth-order valence-corrected chi connectivity index (χ4v) is 4.63.